The third-order valence-electron chi connectivity index (χ3n) is 4.05. The van der Waals surface area contributed by atoms with E-state index in [0.717, 1.165) is 18.3 Å². The highest BCUT2D eigenvalue weighted by atomic mass is 32.2. The van der Waals surface area contributed by atoms with Gasteiger partial charge in [0.2, 0.25) is 6.41 Å². The number of nitrogens with zero attached hydrogens (tertiary/aromatic N) is 1. The van der Waals surface area contributed by atoms with Crippen LogP contribution in [0.25, 0.3) is 11.1 Å². The highest BCUT2D eigenvalue weighted by Crippen LogP contribution is 2.29. The third kappa shape index (κ3) is 4.74. The summed E-state index contributed by atoms with van der Waals surface area (Å²) in [6, 6.07) is 11.3. The van der Waals surface area contributed by atoms with E-state index < -0.39 is 34.2 Å². The molecular weight excluding hydrogens is 386 g/mol. The number of hydrogen-bond acceptors (Lipinski definition) is 6. The molecule has 1 N–H and O–H groups in total. The first-order valence-corrected chi connectivity index (χ1v) is 10.0. The quantitative estimate of drug-likeness (QED) is 0.525. The van der Waals surface area contributed by atoms with Crippen molar-refractivity contribution < 1.29 is 32.6 Å². The number of methoxy groups -OCH3 is 1. The third-order valence-corrected chi connectivity index (χ3v) is 5.21. The van der Waals surface area contributed by atoms with E-state index in [0.29, 0.717) is 17.5 Å². The molecule has 1 unspecified atom stereocenters. The molecule has 0 aliphatic carbocycles. The van der Waals surface area contributed by atoms with Crippen LogP contribution in [0.15, 0.2) is 53.4 Å². The fourth-order valence-electron chi connectivity index (χ4n) is 2.75. The first-order valence-electron chi connectivity index (χ1n) is 8.11. The van der Waals surface area contributed by atoms with Crippen LogP contribution in [0.2, 0.25) is 0 Å². The lowest BCUT2D eigenvalue weighted by atomic mass is 10.0. The number of ether oxygens (including phenoxy) is 1. The average Bonchev–Trinajstić information content (AvgIpc) is 2.66. The number of esters is 1. The monoisotopic (exact) mass is 405 g/mol. The minimum Gasteiger partial charge on any atom is -0.481 e. The maximum atomic E-state index is 12.0. The molecule has 148 valence electrons. The molecule has 0 aliphatic heterocycles. The molecule has 8 nitrogen and oxygen atoms in total. The Kier molecular flexibility index (Phi) is 6.53. The summed E-state index contributed by atoms with van der Waals surface area (Å²) in [4.78, 5) is 35.6. The van der Waals surface area contributed by atoms with Crippen LogP contribution in [0.1, 0.15) is 6.42 Å². The Bertz CT molecular complexity index is 984. The fraction of sp³-hybridized carbons (Fsp3) is 0.211. The number of hydrogen-bond donors (Lipinski definition) is 1. The molecule has 2 aromatic rings. The average molecular weight is 405 g/mol. The Morgan fingerprint density at radius 2 is 1.75 bits per heavy atom. The van der Waals surface area contributed by atoms with Crippen molar-refractivity contribution >= 4 is 33.9 Å². The van der Waals surface area contributed by atoms with Gasteiger partial charge >= 0.3 is 11.9 Å². The molecule has 0 aromatic heterocycles. The van der Waals surface area contributed by atoms with E-state index in [2.05, 4.69) is 4.74 Å². The van der Waals surface area contributed by atoms with E-state index in [1.54, 1.807) is 30.3 Å². The Labute approximate surface area is 162 Å². The summed E-state index contributed by atoms with van der Waals surface area (Å²) in [5.41, 5.74) is 1.35. The van der Waals surface area contributed by atoms with Gasteiger partial charge < -0.3 is 14.7 Å². The Hall–Kier alpha value is -3.20. The summed E-state index contributed by atoms with van der Waals surface area (Å²) in [6.07, 6.45) is 0.843. The lowest BCUT2D eigenvalue weighted by molar-refractivity contribution is -0.147. The van der Waals surface area contributed by atoms with Gasteiger partial charge in [0.25, 0.3) is 0 Å². The van der Waals surface area contributed by atoms with E-state index in [-0.39, 0.29) is 10.6 Å². The smallest absolute Gasteiger partial charge is 0.329 e. The molecule has 0 radical (unpaired) electrons. The van der Waals surface area contributed by atoms with Gasteiger partial charge in [-0.1, -0.05) is 30.3 Å². The molecule has 1 atom stereocenters. The van der Waals surface area contributed by atoms with Crippen molar-refractivity contribution in [2.24, 2.45) is 0 Å². The number of amides is 1. The van der Waals surface area contributed by atoms with E-state index in [1.165, 1.54) is 18.2 Å². The topological polar surface area (TPSA) is 118 Å². The Morgan fingerprint density at radius 3 is 2.25 bits per heavy atom. The number of rotatable bonds is 8. The lowest BCUT2D eigenvalue weighted by Crippen LogP contribution is -2.42. The Morgan fingerprint density at radius 1 is 1.14 bits per heavy atom. The van der Waals surface area contributed by atoms with E-state index in [1.807, 2.05) is 0 Å². The second-order valence-electron chi connectivity index (χ2n) is 5.96. The molecular formula is C19H19NO7S. The minimum absolute atomic E-state index is 0.160. The molecule has 0 spiro atoms. The van der Waals surface area contributed by atoms with Crippen molar-refractivity contribution in [3.05, 3.63) is 48.5 Å². The molecule has 0 aliphatic rings. The summed E-state index contributed by atoms with van der Waals surface area (Å²) in [7, 11) is -2.34. The molecule has 0 heterocycles. The van der Waals surface area contributed by atoms with Crippen LogP contribution in [-0.2, 0) is 29.0 Å². The van der Waals surface area contributed by atoms with E-state index in [4.69, 9.17) is 5.11 Å². The van der Waals surface area contributed by atoms with E-state index >= 15 is 0 Å². The highest BCUT2D eigenvalue weighted by Gasteiger charge is 2.29. The zero-order valence-corrected chi connectivity index (χ0v) is 16.0. The number of carboxylic acid groups (broad SMARTS) is 1. The van der Waals surface area contributed by atoms with Gasteiger partial charge in [0.05, 0.1) is 18.4 Å². The number of benzene rings is 2. The molecule has 28 heavy (non-hydrogen) atoms. The number of carboxylic acids is 1. The van der Waals surface area contributed by atoms with Gasteiger partial charge in [-0.2, -0.15) is 0 Å². The van der Waals surface area contributed by atoms with Crippen molar-refractivity contribution in [3.8, 4) is 11.1 Å². The lowest BCUT2D eigenvalue weighted by Gasteiger charge is -2.25. The van der Waals surface area contributed by atoms with Crippen LogP contribution < -0.4 is 4.90 Å². The molecule has 0 bridgehead atoms. The molecule has 1 amide bonds. The maximum absolute atomic E-state index is 12.0. The zero-order chi connectivity index (χ0) is 20.9. The largest absolute Gasteiger partial charge is 0.481 e. The molecule has 0 saturated carbocycles. The molecule has 2 aromatic carbocycles. The number of anilines is 1. The van der Waals surface area contributed by atoms with Gasteiger partial charge in [-0.3, -0.25) is 9.59 Å². The van der Waals surface area contributed by atoms with Crippen LogP contribution in [-0.4, -0.2) is 51.3 Å². The van der Waals surface area contributed by atoms with Gasteiger partial charge in [-0.25, -0.2) is 13.2 Å². The first kappa shape index (κ1) is 21.1. The van der Waals surface area contributed by atoms with Crippen molar-refractivity contribution in [2.75, 3.05) is 18.3 Å². The molecule has 0 saturated heterocycles. The second-order valence-corrected chi connectivity index (χ2v) is 7.95. The summed E-state index contributed by atoms with van der Waals surface area (Å²) in [5, 5.41) is 9.01. The number of sulfone groups is 1. The standard InChI is InChI=1S/C19H19NO7S/c1-27-19(24)16(11-18(22)23)20(12-21)14-9-7-13(8-10-14)15-5-3-4-6-17(15)28(2,25)26/h3-10,12,16H,11H2,1-2H3,(H,22,23). The van der Waals surface area contributed by atoms with Crippen LogP contribution >= 0.6 is 0 Å². The fourth-order valence-corrected chi connectivity index (χ4v) is 3.66. The maximum Gasteiger partial charge on any atom is 0.329 e. The summed E-state index contributed by atoms with van der Waals surface area (Å²) in [5.74, 6) is -2.12. The van der Waals surface area contributed by atoms with Gasteiger partial charge in [0.1, 0.15) is 6.04 Å². The molecule has 0 fully saturated rings. The second kappa shape index (κ2) is 8.66. The van der Waals surface area contributed by atoms with Crippen molar-refractivity contribution in [2.45, 2.75) is 17.4 Å². The molecule has 9 heteroatoms. The van der Waals surface area contributed by atoms with Crippen LogP contribution in [0.3, 0.4) is 0 Å². The summed E-state index contributed by atoms with van der Waals surface area (Å²) >= 11 is 0. The van der Waals surface area contributed by atoms with Gasteiger partial charge in [0.15, 0.2) is 9.84 Å². The van der Waals surface area contributed by atoms with Crippen LogP contribution in [0, 0.1) is 0 Å². The summed E-state index contributed by atoms with van der Waals surface area (Å²) < 4.78 is 28.6. The predicted molar refractivity (Wildman–Crippen MR) is 102 cm³/mol. The zero-order valence-electron chi connectivity index (χ0n) is 15.2. The van der Waals surface area contributed by atoms with Crippen LogP contribution in [0.4, 0.5) is 5.69 Å². The van der Waals surface area contributed by atoms with Crippen LogP contribution in [0.5, 0.6) is 0 Å². The highest BCUT2D eigenvalue weighted by molar-refractivity contribution is 7.90. The minimum atomic E-state index is -3.45. The van der Waals surface area contributed by atoms with E-state index in [9.17, 15) is 22.8 Å². The normalized spacial score (nSPS) is 12.1. The van der Waals surface area contributed by atoms with Gasteiger partial charge in [-0.15, -0.1) is 0 Å². The van der Waals surface area contributed by atoms with Gasteiger partial charge in [0, 0.05) is 17.5 Å². The van der Waals surface area contributed by atoms with Crippen molar-refractivity contribution in [3.63, 3.8) is 0 Å². The number of carbonyl (C=O) groups excluding carboxylic acids is 2. The molecule has 2 rings (SSSR count). The number of aliphatic carboxylic acids is 1. The predicted octanol–water partition coefficient (Wildman–Crippen LogP) is 1.74. The Balaban J connectivity index is 2.44. The van der Waals surface area contributed by atoms with Crippen molar-refractivity contribution in [1.29, 1.82) is 0 Å². The first-order chi connectivity index (χ1) is 13.2. The van der Waals surface area contributed by atoms with Gasteiger partial charge in [-0.05, 0) is 23.8 Å². The SMILES string of the molecule is COC(=O)C(CC(=O)O)N(C=O)c1ccc(-c2ccccc2S(C)(=O)=O)cc1. The van der Waals surface area contributed by atoms with Crippen molar-refractivity contribution in [1.82, 2.24) is 0 Å². The number of carbonyl (C=O) groups is 3. The summed E-state index contributed by atoms with van der Waals surface area (Å²) in [6.45, 7) is 0.